The summed E-state index contributed by atoms with van der Waals surface area (Å²) in [5.74, 6) is 0.735. The Morgan fingerprint density at radius 3 is 2.50 bits per heavy atom. The molecule has 0 aromatic rings. The largest absolute Gasteiger partial charge is 0.375 e. The van der Waals surface area contributed by atoms with E-state index in [0.29, 0.717) is 17.6 Å². The normalized spacial score (nSPS) is 26.1. The first-order valence-corrected chi connectivity index (χ1v) is 8.87. The minimum Gasteiger partial charge on any atom is -0.375 e. The maximum Gasteiger partial charge on any atom is 0.0585 e. The fourth-order valence-electron chi connectivity index (χ4n) is 3.40. The fraction of sp³-hybridized carbons (Fsp3) is 1.00. The summed E-state index contributed by atoms with van der Waals surface area (Å²) in [6, 6.07) is 0. The third kappa shape index (κ3) is 6.13. The molecule has 3 atom stereocenters. The lowest BCUT2D eigenvalue weighted by molar-refractivity contribution is 0.0169. The Hall–Kier alpha value is -0.0800. The van der Waals surface area contributed by atoms with Crippen LogP contribution >= 0.6 is 0 Å². The summed E-state index contributed by atoms with van der Waals surface area (Å²) >= 11 is 0. The van der Waals surface area contributed by atoms with Crippen LogP contribution in [0.5, 0.6) is 0 Å². The number of ether oxygens (including phenoxy) is 1. The Bertz CT molecular complexity index is 254. The lowest BCUT2D eigenvalue weighted by atomic mass is 9.75. The Balaban J connectivity index is 2.55. The van der Waals surface area contributed by atoms with Gasteiger partial charge in [0.05, 0.1) is 12.2 Å². The molecule has 2 heteroatoms. The minimum atomic E-state index is 0.444. The third-order valence-corrected chi connectivity index (χ3v) is 4.84. The van der Waals surface area contributed by atoms with E-state index in [4.69, 9.17) is 4.74 Å². The zero-order chi connectivity index (χ0) is 15.0. The molecule has 1 heterocycles. The van der Waals surface area contributed by atoms with E-state index in [0.717, 1.165) is 19.0 Å². The summed E-state index contributed by atoms with van der Waals surface area (Å²) in [6.45, 7) is 13.8. The van der Waals surface area contributed by atoms with E-state index in [-0.39, 0.29) is 0 Å². The molecule has 1 rings (SSSR count). The van der Waals surface area contributed by atoms with Crippen LogP contribution in [0.4, 0.5) is 0 Å². The highest BCUT2D eigenvalue weighted by molar-refractivity contribution is 4.86. The van der Waals surface area contributed by atoms with Gasteiger partial charge in [0.2, 0.25) is 0 Å². The van der Waals surface area contributed by atoms with Gasteiger partial charge in [0.25, 0.3) is 0 Å². The number of unbranched alkanes of at least 4 members (excludes halogenated alkanes) is 1. The molecule has 0 aliphatic carbocycles. The predicted octanol–water partition coefficient (Wildman–Crippen LogP) is 4.78. The van der Waals surface area contributed by atoms with Gasteiger partial charge in [-0.1, -0.05) is 40.5 Å². The molecule has 0 saturated carbocycles. The maximum absolute atomic E-state index is 6.10. The van der Waals surface area contributed by atoms with Gasteiger partial charge in [-0.05, 0) is 56.9 Å². The maximum atomic E-state index is 6.10. The van der Waals surface area contributed by atoms with E-state index in [9.17, 15) is 0 Å². The Labute approximate surface area is 127 Å². The second kappa shape index (κ2) is 9.04. The zero-order valence-electron chi connectivity index (χ0n) is 14.5. The summed E-state index contributed by atoms with van der Waals surface area (Å²) in [6.07, 6.45) is 10.0. The molecule has 20 heavy (non-hydrogen) atoms. The topological polar surface area (TPSA) is 21.3 Å². The van der Waals surface area contributed by atoms with Gasteiger partial charge in [-0.25, -0.2) is 0 Å². The fourth-order valence-corrected chi connectivity index (χ4v) is 3.40. The van der Waals surface area contributed by atoms with E-state index >= 15 is 0 Å². The van der Waals surface area contributed by atoms with E-state index < -0.39 is 0 Å². The van der Waals surface area contributed by atoms with Gasteiger partial charge >= 0.3 is 0 Å². The lowest BCUT2D eigenvalue weighted by Crippen LogP contribution is -2.38. The van der Waals surface area contributed by atoms with Gasteiger partial charge in [0, 0.05) is 6.54 Å². The van der Waals surface area contributed by atoms with E-state index in [1.54, 1.807) is 0 Å². The molecule has 1 aliphatic heterocycles. The van der Waals surface area contributed by atoms with Crippen LogP contribution in [0.3, 0.4) is 0 Å². The molecule has 0 aromatic carbocycles. The standard InChI is InChI=1S/C18H37NO/c1-6-8-11-18(7-2,14-19-13-15(3)4)12-17-10-9-16(5)20-17/h15-17,19H,6-14H2,1-5H3. The van der Waals surface area contributed by atoms with Gasteiger partial charge < -0.3 is 10.1 Å². The van der Waals surface area contributed by atoms with Crippen LogP contribution in [0.15, 0.2) is 0 Å². The van der Waals surface area contributed by atoms with Crippen molar-refractivity contribution < 1.29 is 4.74 Å². The number of hydrogen-bond acceptors (Lipinski definition) is 2. The number of hydrogen-bond donors (Lipinski definition) is 1. The average molecular weight is 284 g/mol. The van der Waals surface area contributed by atoms with Crippen LogP contribution in [-0.2, 0) is 4.74 Å². The second-order valence-electron chi connectivity index (χ2n) is 7.33. The molecule has 0 radical (unpaired) electrons. The second-order valence-corrected chi connectivity index (χ2v) is 7.33. The summed E-state index contributed by atoms with van der Waals surface area (Å²) in [7, 11) is 0. The molecular weight excluding hydrogens is 246 g/mol. The van der Waals surface area contributed by atoms with E-state index in [1.165, 1.54) is 44.9 Å². The molecule has 3 unspecified atom stereocenters. The molecule has 1 saturated heterocycles. The van der Waals surface area contributed by atoms with Gasteiger partial charge in [0.1, 0.15) is 0 Å². The highest BCUT2D eigenvalue weighted by Crippen LogP contribution is 2.37. The molecule has 0 aromatic heterocycles. The van der Waals surface area contributed by atoms with Gasteiger partial charge in [-0.15, -0.1) is 0 Å². The van der Waals surface area contributed by atoms with Crippen molar-refractivity contribution >= 4 is 0 Å². The van der Waals surface area contributed by atoms with Crippen molar-refractivity contribution in [2.24, 2.45) is 11.3 Å². The molecule has 0 amide bonds. The zero-order valence-corrected chi connectivity index (χ0v) is 14.5. The molecule has 1 aliphatic rings. The highest BCUT2D eigenvalue weighted by Gasteiger charge is 2.33. The van der Waals surface area contributed by atoms with Crippen LogP contribution < -0.4 is 5.32 Å². The molecule has 0 spiro atoms. The smallest absolute Gasteiger partial charge is 0.0585 e. The first-order valence-electron chi connectivity index (χ1n) is 8.87. The summed E-state index contributed by atoms with van der Waals surface area (Å²) < 4.78 is 6.10. The highest BCUT2D eigenvalue weighted by atomic mass is 16.5. The van der Waals surface area contributed by atoms with Crippen molar-refractivity contribution in [1.82, 2.24) is 5.32 Å². The van der Waals surface area contributed by atoms with Crippen molar-refractivity contribution in [3.63, 3.8) is 0 Å². The molecule has 120 valence electrons. The van der Waals surface area contributed by atoms with Crippen LogP contribution in [0.25, 0.3) is 0 Å². The summed E-state index contributed by atoms with van der Waals surface area (Å²) in [5, 5.41) is 3.72. The van der Waals surface area contributed by atoms with Crippen molar-refractivity contribution in [2.45, 2.75) is 91.8 Å². The van der Waals surface area contributed by atoms with E-state index in [2.05, 4.69) is 39.9 Å². The first-order chi connectivity index (χ1) is 9.51. The lowest BCUT2D eigenvalue weighted by Gasteiger charge is -2.36. The van der Waals surface area contributed by atoms with Crippen LogP contribution in [-0.4, -0.2) is 25.3 Å². The monoisotopic (exact) mass is 283 g/mol. The van der Waals surface area contributed by atoms with Crippen molar-refractivity contribution in [1.29, 1.82) is 0 Å². The Kier molecular flexibility index (Phi) is 8.13. The van der Waals surface area contributed by atoms with Crippen LogP contribution in [0.1, 0.15) is 79.6 Å². The average Bonchev–Trinajstić information content (AvgIpc) is 2.80. The quantitative estimate of drug-likeness (QED) is 0.623. The van der Waals surface area contributed by atoms with Crippen LogP contribution in [0, 0.1) is 11.3 Å². The SMILES string of the molecule is CCCCC(CC)(CNCC(C)C)CC1CCC(C)O1. The van der Waals surface area contributed by atoms with E-state index in [1.807, 2.05) is 0 Å². The van der Waals surface area contributed by atoms with Gasteiger partial charge in [0.15, 0.2) is 0 Å². The molecule has 1 N–H and O–H groups in total. The van der Waals surface area contributed by atoms with Crippen molar-refractivity contribution in [2.75, 3.05) is 13.1 Å². The van der Waals surface area contributed by atoms with Gasteiger partial charge in [-0.2, -0.15) is 0 Å². The summed E-state index contributed by atoms with van der Waals surface area (Å²) in [5.41, 5.74) is 0.444. The molecule has 2 nitrogen and oxygen atoms in total. The number of rotatable bonds is 10. The molecular formula is C18H37NO. The first kappa shape index (κ1) is 18.0. The summed E-state index contributed by atoms with van der Waals surface area (Å²) in [4.78, 5) is 0. The Morgan fingerprint density at radius 1 is 1.25 bits per heavy atom. The number of nitrogens with one attached hydrogen (secondary N) is 1. The third-order valence-electron chi connectivity index (χ3n) is 4.84. The van der Waals surface area contributed by atoms with Gasteiger partial charge in [-0.3, -0.25) is 0 Å². The van der Waals surface area contributed by atoms with Crippen molar-refractivity contribution in [3.8, 4) is 0 Å². The predicted molar refractivity (Wildman–Crippen MR) is 88.1 cm³/mol. The van der Waals surface area contributed by atoms with Crippen molar-refractivity contribution in [3.05, 3.63) is 0 Å². The Morgan fingerprint density at radius 2 is 2.00 bits per heavy atom. The molecule has 0 bridgehead atoms. The minimum absolute atomic E-state index is 0.444. The molecule has 1 fully saturated rings. The van der Waals surface area contributed by atoms with Crippen LogP contribution in [0.2, 0.25) is 0 Å².